The normalized spacial score (nSPS) is 16.3. The van der Waals surface area contributed by atoms with E-state index in [0.717, 1.165) is 43.1 Å². The van der Waals surface area contributed by atoms with Crippen molar-refractivity contribution in [1.82, 2.24) is 14.9 Å². The lowest BCUT2D eigenvalue weighted by molar-refractivity contribution is 0.0718. The van der Waals surface area contributed by atoms with Crippen molar-refractivity contribution in [3.8, 4) is 11.5 Å². The minimum Gasteiger partial charge on any atom is -0.486 e. The molecule has 1 fully saturated rings. The molecule has 2 aromatic rings. The predicted molar refractivity (Wildman–Crippen MR) is 97.2 cm³/mol. The van der Waals surface area contributed by atoms with Crippen LogP contribution in [-0.4, -0.2) is 47.1 Å². The first-order chi connectivity index (χ1) is 12.7. The van der Waals surface area contributed by atoms with Gasteiger partial charge >= 0.3 is 0 Å². The fraction of sp³-hybridized carbons (Fsp3) is 0.421. The number of aryl methyl sites for hydroxylation is 1. The molecule has 1 aromatic heterocycles. The summed E-state index contributed by atoms with van der Waals surface area (Å²) in [6.07, 6.45) is 3.29. The zero-order valence-corrected chi connectivity index (χ0v) is 14.8. The molecule has 0 unspecified atom stereocenters. The molecule has 7 nitrogen and oxygen atoms in total. The van der Waals surface area contributed by atoms with Crippen LogP contribution in [0.5, 0.6) is 11.5 Å². The number of likely N-dealkylation sites (tertiary alicyclic amines) is 1. The molecule has 7 heteroatoms. The fourth-order valence-corrected chi connectivity index (χ4v) is 3.24. The fourth-order valence-electron chi connectivity index (χ4n) is 3.24. The molecule has 0 saturated carbocycles. The van der Waals surface area contributed by atoms with Gasteiger partial charge in [0.05, 0.1) is 0 Å². The lowest BCUT2D eigenvalue weighted by Gasteiger charge is -2.26. The first-order valence-electron chi connectivity index (χ1n) is 9.01. The van der Waals surface area contributed by atoms with Crippen LogP contribution in [0.3, 0.4) is 0 Å². The van der Waals surface area contributed by atoms with E-state index in [9.17, 15) is 4.79 Å². The first-order valence-corrected chi connectivity index (χ1v) is 9.01. The molecule has 1 N–H and O–H groups in total. The smallest absolute Gasteiger partial charge is 0.272 e. The Morgan fingerprint density at radius 3 is 2.62 bits per heavy atom. The Bertz CT molecular complexity index is 818. The van der Waals surface area contributed by atoms with Crippen molar-refractivity contribution in [2.75, 3.05) is 31.6 Å². The summed E-state index contributed by atoms with van der Waals surface area (Å²) >= 11 is 0. The minimum atomic E-state index is -0.0274. The third-order valence-electron chi connectivity index (χ3n) is 4.51. The van der Waals surface area contributed by atoms with Crippen LogP contribution in [0.2, 0.25) is 0 Å². The molecule has 0 atom stereocenters. The van der Waals surface area contributed by atoms with Gasteiger partial charge in [-0.2, -0.15) is 0 Å². The molecule has 4 rings (SSSR count). The van der Waals surface area contributed by atoms with Gasteiger partial charge in [0.25, 0.3) is 5.91 Å². The highest BCUT2D eigenvalue weighted by atomic mass is 16.6. The summed E-state index contributed by atoms with van der Waals surface area (Å²) in [5, 5.41) is 3.16. The molecule has 2 aliphatic rings. The summed E-state index contributed by atoms with van der Waals surface area (Å²) in [6, 6.07) is 7.33. The van der Waals surface area contributed by atoms with Crippen molar-refractivity contribution in [3.05, 3.63) is 35.7 Å². The van der Waals surface area contributed by atoms with Crippen LogP contribution in [0.25, 0.3) is 0 Å². The average Bonchev–Trinajstić information content (AvgIpc) is 2.67. The average molecular weight is 354 g/mol. The van der Waals surface area contributed by atoms with E-state index in [-0.39, 0.29) is 5.91 Å². The van der Waals surface area contributed by atoms with Crippen LogP contribution >= 0.6 is 0 Å². The van der Waals surface area contributed by atoms with Gasteiger partial charge in [-0.15, -0.1) is 0 Å². The molecule has 2 aliphatic heterocycles. The first kappa shape index (κ1) is 16.6. The van der Waals surface area contributed by atoms with Gasteiger partial charge in [-0.3, -0.25) is 4.79 Å². The molecule has 136 valence electrons. The number of carbonyl (C=O) groups excluding carboxylic acids is 1. The quantitative estimate of drug-likeness (QED) is 0.913. The number of benzene rings is 1. The number of aromatic nitrogens is 2. The van der Waals surface area contributed by atoms with Gasteiger partial charge in [0, 0.05) is 30.5 Å². The number of nitrogens with zero attached hydrogens (tertiary/aromatic N) is 3. The highest BCUT2D eigenvalue weighted by Gasteiger charge is 2.20. The molecule has 0 radical (unpaired) electrons. The van der Waals surface area contributed by atoms with Gasteiger partial charge < -0.3 is 19.7 Å². The number of anilines is 2. The highest BCUT2D eigenvalue weighted by Crippen LogP contribution is 2.33. The Balaban J connectivity index is 1.55. The van der Waals surface area contributed by atoms with Gasteiger partial charge in [0.15, 0.2) is 11.5 Å². The number of ether oxygens (including phenoxy) is 2. The summed E-state index contributed by atoms with van der Waals surface area (Å²) in [4.78, 5) is 23.4. The van der Waals surface area contributed by atoms with Gasteiger partial charge in [0.1, 0.15) is 18.9 Å². The molecule has 0 spiro atoms. The van der Waals surface area contributed by atoms with Crippen molar-refractivity contribution in [1.29, 1.82) is 0 Å². The molecule has 0 bridgehead atoms. The van der Waals surface area contributed by atoms with E-state index < -0.39 is 0 Å². The monoisotopic (exact) mass is 354 g/mol. The van der Waals surface area contributed by atoms with Crippen LogP contribution in [0.4, 0.5) is 11.6 Å². The van der Waals surface area contributed by atoms with E-state index >= 15 is 0 Å². The lowest BCUT2D eigenvalue weighted by atomic mass is 10.1. The number of hydrogen-bond donors (Lipinski definition) is 1. The number of amides is 1. The summed E-state index contributed by atoms with van der Waals surface area (Å²) in [7, 11) is 0. The van der Waals surface area contributed by atoms with Crippen molar-refractivity contribution in [2.24, 2.45) is 0 Å². The number of fused-ring (bicyclic) bond motifs is 1. The molecule has 0 aliphatic carbocycles. The van der Waals surface area contributed by atoms with Crippen molar-refractivity contribution < 1.29 is 14.3 Å². The van der Waals surface area contributed by atoms with Crippen LogP contribution in [0.15, 0.2) is 24.3 Å². The molecule has 26 heavy (non-hydrogen) atoms. The maximum atomic E-state index is 12.7. The van der Waals surface area contributed by atoms with E-state index in [4.69, 9.17) is 9.47 Å². The molecule has 3 heterocycles. The second-order valence-electron chi connectivity index (χ2n) is 6.55. The molecule has 1 aromatic carbocycles. The molecule has 1 amide bonds. The van der Waals surface area contributed by atoms with E-state index in [2.05, 4.69) is 15.3 Å². The zero-order valence-electron chi connectivity index (χ0n) is 14.8. The van der Waals surface area contributed by atoms with E-state index in [1.54, 1.807) is 6.07 Å². The number of nitrogens with one attached hydrogen (secondary N) is 1. The number of carbonyl (C=O) groups is 1. The summed E-state index contributed by atoms with van der Waals surface area (Å²) in [6.45, 7) is 4.55. The van der Waals surface area contributed by atoms with Gasteiger partial charge in [0.2, 0.25) is 5.95 Å². The number of piperidine rings is 1. The second kappa shape index (κ2) is 7.19. The van der Waals surface area contributed by atoms with Gasteiger partial charge in [-0.05, 0) is 44.4 Å². The van der Waals surface area contributed by atoms with Gasteiger partial charge in [-0.1, -0.05) is 0 Å². The Kier molecular flexibility index (Phi) is 4.60. The third kappa shape index (κ3) is 3.56. The maximum absolute atomic E-state index is 12.7. The van der Waals surface area contributed by atoms with E-state index in [1.165, 1.54) is 6.42 Å². The second-order valence-corrected chi connectivity index (χ2v) is 6.55. The van der Waals surface area contributed by atoms with Crippen molar-refractivity contribution >= 4 is 17.5 Å². The zero-order chi connectivity index (χ0) is 17.9. The topological polar surface area (TPSA) is 76.6 Å². The van der Waals surface area contributed by atoms with Crippen LogP contribution in [0.1, 0.15) is 35.4 Å². The number of hydrogen-bond acceptors (Lipinski definition) is 6. The summed E-state index contributed by atoms with van der Waals surface area (Å²) in [5.41, 5.74) is 1.97. The number of rotatable bonds is 3. The van der Waals surface area contributed by atoms with Crippen molar-refractivity contribution in [2.45, 2.75) is 26.2 Å². The summed E-state index contributed by atoms with van der Waals surface area (Å²) in [5.74, 6) is 1.80. The highest BCUT2D eigenvalue weighted by molar-refractivity contribution is 5.92. The Hall–Kier alpha value is -2.83. The van der Waals surface area contributed by atoms with Crippen LogP contribution in [0, 0.1) is 6.92 Å². The Morgan fingerprint density at radius 1 is 1.04 bits per heavy atom. The molecule has 1 saturated heterocycles. The third-order valence-corrected chi connectivity index (χ3v) is 4.51. The van der Waals surface area contributed by atoms with E-state index in [0.29, 0.717) is 30.6 Å². The Morgan fingerprint density at radius 2 is 1.81 bits per heavy atom. The SMILES string of the molecule is Cc1cc(C(=O)N2CCCCC2)nc(Nc2ccc3c(c2)OCCO3)n1. The van der Waals surface area contributed by atoms with E-state index in [1.807, 2.05) is 30.0 Å². The van der Waals surface area contributed by atoms with Crippen molar-refractivity contribution in [3.63, 3.8) is 0 Å². The predicted octanol–water partition coefficient (Wildman–Crippen LogP) is 2.93. The summed E-state index contributed by atoms with van der Waals surface area (Å²) < 4.78 is 11.1. The van der Waals surface area contributed by atoms with Crippen LogP contribution in [-0.2, 0) is 0 Å². The van der Waals surface area contributed by atoms with Gasteiger partial charge in [-0.25, -0.2) is 9.97 Å². The standard InChI is InChI=1S/C19H22N4O3/c1-13-11-15(18(24)23-7-3-2-4-8-23)22-19(20-13)21-14-5-6-16-17(12-14)26-10-9-25-16/h5-6,11-12H,2-4,7-10H2,1H3,(H,20,21,22). The Labute approximate surface area is 152 Å². The lowest BCUT2D eigenvalue weighted by Crippen LogP contribution is -2.36. The molecular formula is C19H22N4O3. The molecular weight excluding hydrogens is 332 g/mol. The minimum absolute atomic E-state index is 0.0274. The maximum Gasteiger partial charge on any atom is 0.272 e. The largest absolute Gasteiger partial charge is 0.486 e. The van der Waals surface area contributed by atoms with Crippen LogP contribution < -0.4 is 14.8 Å².